The summed E-state index contributed by atoms with van der Waals surface area (Å²) < 4.78 is 22.0. The van der Waals surface area contributed by atoms with Crippen molar-refractivity contribution in [2.24, 2.45) is 0 Å². The standard InChI is InChI=1S/C20H24N2O4S/c1-4-23-16-8-6-14(10-18(16)24-5-2)13(3)21-20(27)22-15-7-9-17-19(11-15)26-12-25-17/h6-11,13H,4-5,12H2,1-3H3,(H2,21,22,27). The third kappa shape index (κ3) is 4.74. The first-order valence-electron chi connectivity index (χ1n) is 8.97. The van der Waals surface area contributed by atoms with Crippen LogP contribution in [0.1, 0.15) is 32.4 Å². The second-order valence-electron chi connectivity index (χ2n) is 5.96. The number of rotatable bonds is 7. The van der Waals surface area contributed by atoms with Crippen LogP contribution < -0.4 is 29.6 Å². The Kier molecular flexibility index (Phi) is 6.24. The molecule has 1 atom stereocenters. The zero-order valence-electron chi connectivity index (χ0n) is 15.7. The zero-order chi connectivity index (χ0) is 19.2. The van der Waals surface area contributed by atoms with Gasteiger partial charge in [-0.15, -0.1) is 0 Å². The van der Waals surface area contributed by atoms with Gasteiger partial charge in [-0.2, -0.15) is 0 Å². The van der Waals surface area contributed by atoms with E-state index in [0.717, 1.165) is 28.5 Å². The van der Waals surface area contributed by atoms with Crippen molar-refractivity contribution in [2.45, 2.75) is 26.8 Å². The lowest BCUT2D eigenvalue weighted by molar-refractivity contribution is 0.174. The molecule has 0 fully saturated rings. The molecule has 0 saturated carbocycles. The lowest BCUT2D eigenvalue weighted by Gasteiger charge is -2.19. The van der Waals surface area contributed by atoms with E-state index in [0.29, 0.717) is 24.1 Å². The normalized spacial score (nSPS) is 13.0. The highest BCUT2D eigenvalue weighted by Gasteiger charge is 2.15. The van der Waals surface area contributed by atoms with Gasteiger partial charge in [0, 0.05) is 11.8 Å². The van der Waals surface area contributed by atoms with Crippen molar-refractivity contribution in [3.8, 4) is 23.0 Å². The van der Waals surface area contributed by atoms with Crippen molar-refractivity contribution in [1.82, 2.24) is 5.32 Å². The summed E-state index contributed by atoms with van der Waals surface area (Å²) in [4.78, 5) is 0. The first kappa shape index (κ1) is 19.1. The Balaban J connectivity index is 1.64. The molecule has 2 N–H and O–H groups in total. The maximum Gasteiger partial charge on any atom is 0.231 e. The van der Waals surface area contributed by atoms with Gasteiger partial charge in [0.15, 0.2) is 28.1 Å². The van der Waals surface area contributed by atoms with Gasteiger partial charge in [-0.3, -0.25) is 0 Å². The van der Waals surface area contributed by atoms with Gasteiger partial charge in [0.25, 0.3) is 0 Å². The first-order chi connectivity index (χ1) is 13.1. The van der Waals surface area contributed by atoms with Crippen LogP contribution in [0.5, 0.6) is 23.0 Å². The van der Waals surface area contributed by atoms with E-state index in [9.17, 15) is 0 Å². The summed E-state index contributed by atoms with van der Waals surface area (Å²) in [5.74, 6) is 2.94. The van der Waals surface area contributed by atoms with Crippen molar-refractivity contribution in [2.75, 3.05) is 25.3 Å². The number of hydrogen-bond acceptors (Lipinski definition) is 5. The number of ether oxygens (including phenoxy) is 4. The van der Waals surface area contributed by atoms with Crippen LogP contribution in [0, 0.1) is 0 Å². The fourth-order valence-electron chi connectivity index (χ4n) is 2.76. The van der Waals surface area contributed by atoms with E-state index in [1.807, 2.05) is 57.2 Å². The SMILES string of the molecule is CCOc1ccc(C(C)NC(=S)Nc2ccc3c(c2)OCO3)cc1OCC. The summed E-state index contributed by atoms with van der Waals surface area (Å²) in [5, 5.41) is 6.98. The van der Waals surface area contributed by atoms with Gasteiger partial charge in [-0.25, -0.2) is 0 Å². The fourth-order valence-corrected chi connectivity index (χ4v) is 3.05. The Bertz CT molecular complexity index is 813. The molecule has 2 aromatic rings. The summed E-state index contributed by atoms with van der Waals surface area (Å²) in [6.07, 6.45) is 0. The van der Waals surface area contributed by atoms with E-state index in [1.54, 1.807) is 0 Å². The van der Waals surface area contributed by atoms with E-state index < -0.39 is 0 Å². The molecule has 0 radical (unpaired) electrons. The average Bonchev–Trinajstić information content (AvgIpc) is 3.11. The molecule has 3 rings (SSSR count). The van der Waals surface area contributed by atoms with E-state index in [2.05, 4.69) is 10.6 Å². The predicted molar refractivity (Wildman–Crippen MR) is 109 cm³/mol. The van der Waals surface area contributed by atoms with E-state index in [4.69, 9.17) is 31.2 Å². The lowest BCUT2D eigenvalue weighted by Crippen LogP contribution is -2.30. The van der Waals surface area contributed by atoms with Crippen LogP contribution in [0.3, 0.4) is 0 Å². The van der Waals surface area contributed by atoms with Gasteiger partial charge >= 0.3 is 0 Å². The summed E-state index contributed by atoms with van der Waals surface area (Å²) in [7, 11) is 0. The highest BCUT2D eigenvalue weighted by Crippen LogP contribution is 2.34. The smallest absolute Gasteiger partial charge is 0.231 e. The molecule has 1 aliphatic rings. The topological polar surface area (TPSA) is 61.0 Å². The first-order valence-corrected chi connectivity index (χ1v) is 9.38. The highest BCUT2D eigenvalue weighted by atomic mass is 32.1. The number of anilines is 1. The molecule has 7 heteroatoms. The Hall–Kier alpha value is -2.67. The molecule has 6 nitrogen and oxygen atoms in total. The Morgan fingerprint density at radius 3 is 2.56 bits per heavy atom. The lowest BCUT2D eigenvalue weighted by atomic mass is 10.1. The van der Waals surface area contributed by atoms with Crippen molar-refractivity contribution < 1.29 is 18.9 Å². The number of thiocarbonyl (C=S) groups is 1. The molecule has 27 heavy (non-hydrogen) atoms. The van der Waals surface area contributed by atoms with Crippen LogP contribution in [0.4, 0.5) is 5.69 Å². The molecule has 2 aromatic carbocycles. The molecule has 0 bridgehead atoms. The number of hydrogen-bond donors (Lipinski definition) is 2. The second kappa shape index (κ2) is 8.81. The maximum atomic E-state index is 5.70. The summed E-state index contributed by atoms with van der Waals surface area (Å²) >= 11 is 5.44. The second-order valence-corrected chi connectivity index (χ2v) is 6.37. The van der Waals surface area contributed by atoms with Crippen LogP contribution in [-0.4, -0.2) is 25.1 Å². The maximum absolute atomic E-state index is 5.70. The largest absolute Gasteiger partial charge is 0.490 e. The predicted octanol–water partition coefficient (Wildman–Crippen LogP) is 4.26. The van der Waals surface area contributed by atoms with Crippen molar-refractivity contribution in [3.05, 3.63) is 42.0 Å². The minimum atomic E-state index is -0.00565. The molecule has 0 spiro atoms. The molecular weight excluding hydrogens is 364 g/mol. The quantitative estimate of drug-likeness (QED) is 0.687. The van der Waals surface area contributed by atoms with Gasteiger partial charge in [-0.05, 0) is 62.8 Å². The van der Waals surface area contributed by atoms with Gasteiger partial charge < -0.3 is 29.6 Å². The minimum Gasteiger partial charge on any atom is -0.490 e. The van der Waals surface area contributed by atoms with Gasteiger partial charge in [0.1, 0.15) is 0 Å². The molecular formula is C20H24N2O4S. The van der Waals surface area contributed by atoms with Crippen molar-refractivity contribution >= 4 is 23.0 Å². The monoisotopic (exact) mass is 388 g/mol. The van der Waals surface area contributed by atoms with Crippen LogP contribution in [-0.2, 0) is 0 Å². The Morgan fingerprint density at radius 2 is 1.78 bits per heavy atom. The average molecular weight is 388 g/mol. The third-order valence-corrected chi connectivity index (χ3v) is 4.27. The molecule has 0 aromatic heterocycles. The molecule has 0 amide bonds. The van der Waals surface area contributed by atoms with E-state index in [-0.39, 0.29) is 12.8 Å². The number of fused-ring (bicyclic) bond motifs is 1. The summed E-state index contributed by atoms with van der Waals surface area (Å²) in [6, 6.07) is 11.5. The Morgan fingerprint density at radius 1 is 1.04 bits per heavy atom. The van der Waals surface area contributed by atoms with Crippen LogP contribution in [0.25, 0.3) is 0 Å². The van der Waals surface area contributed by atoms with E-state index in [1.165, 1.54) is 0 Å². The summed E-state index contributed by atoms with van der Waals surface area (Å²) in [5.41, 5.74) is 1.89. The number of benzene rings is 2. The molecule has 1 heterocycles. The molecule has 1 aliphatic heterocycles. The number of nitrogens with one attached hydrogen (secondary N) is 2. The van der Waals surface area contributed by atoms with Gasteiger partial charge in [0.05, 0.1) is 19.3 Å². The van der Waals surface area contributed by atoms with Crippen molar-refractivity contribution in [3.63, 3.8) is 0 Å². The van der Waals surface area contributed by atoms with Crippen LogP contribution in [0.2, 0.25) is 0 Å². The molecule has 144 valence electrons. The molecule has 0 aliphatic carbocycles. The highest BCUT2D eigenvalue weighted by molar-refractivity contribution is 7.80. The van der Waals surface area contributed by atoms with Crippen LogP contribution in [0.15, 0.2) is 36.4 Å². The third-order valence-electron chi connectivity index (χ3n) is 4.05. The van der Waals surface area contributed by atoms with Gasteiger partial charge in [0.2, 0.25) is 6.79 Å². The Labute approximate surface area is 164 Å². The fraction of sp³-hybridized carbons (Fsp3) is 0.350. The van der Waals surface area contributed by atoms with Crippen molar-refractivity contribution in [1.29, 1.82) is 0 Å². The minimum absolute atomic E-state index is 0.00565. The molecule has 1 unspecified atom stereocenters. The zero-order valence-corrected chi connectivity index (χ0v) is 16.5. The van der Waals surface area contributed by atoms with Crippen LogP contribution >= 0.6 is 12.2 Å². The van der Waals surface area contributed by atoms with Gasteiger partial charge in [-0.1, -0.05) is 6.07 Å². The summed E-state index contributed by atoms with van der Waals surface area (Å²) in [6.45, 7) is 7.37. The molecule has 0 saturated heterocycles. The van der Waals surface area contributed by atoms with E-state index >= 15 is 0 Å².